The van der Waals surface area contributed by atoms with Gasteiger partial charge in [0.1, 0.15) is 0 Å². The lowest BCUT2D eigenvalue weighted by Gasteiger charge is -2.28. The van der Waals surface area contributed by atoms with Crippen molar-refractivity contribution in [2.24, 2.45) is 0 Å². The van der Waals surface area contributed by atoms with E-state index in [2.05, 4.69) is 21.8 Å². The average molecular weight is 352 g/mol. The van der Waals surface area contributed by atoms with Crippen molar-refractivity contribution >= 4 is 11.5 Å². The van der Waals surface area contributed by atoms with E-state index in [-0.39, 0.29) is 5.69 Å². The Morgan fingerprint density at radius 3 is 2.69 bits per heavy atom. The Morgan fingerprint density at radius 2 is 2.04 bits per heavy atom. The molecule has 1 fully saturated rings. The Morgan fingerprint density at radius 1 is 1.27 bits per heavy atom. The molecule has 0 saturated carbocycles. The van der Waals surface area contributed by atoms with Gasteiger partial charge in [-0.3, -0.25) is 10.1 Å². The van der Waals surface area contributed by atoms with Crippen molar-refractivity contribution in [3.8, 4) is 11.8 Å². The molecule has 0 atom stereocenters. The van der Waals surface area contributed by atoms with Gasteiger partial charge in [0.25, 0.3) is 0 Å². The molecule has 0 bridgehead atoms. The van der Waals surface area contributed by atoms with Crippen LogP contribution in [-0.2, 0) is 0 Å². The normalized spacial score (nSPS) is 13.8. The number of nitrogens with zero attached hydrogens (tertiary/aromatic N) is 4. The van der Waals surface area contributed by atoms with Gasteiger partial charge in [0.15, 0.2) is 0 Å². The molecule has 3 rings (SSSR count). The van der Waals surface area contributed by atoms with E-state index in [1.54, 1.807) is 12.1 Å². The van der Waals surface area contributed by atoms with Crippen LogP contribution < -0.4 is 4.90 Å². The molecular formula is C19H17FN4O2. The van der Waals surface area contributed by atoms with Crippen LogP contribution in [0.25, 0.3) is 0 Å². The fraction of sp³-hybridized carbons (Fsp3) is 0.263. The van der Waals surface area contributed by atoms with Gasteiger partial charge in [0.05, 0.1) is 4.92 Å². The summed E-state index contributed by atoms with van der Waals surface area (Å²) in [5, 5.41) is 11.2. The number of hydrogen-bond acceptors (Lipinski definition) is 5. The highest BCUT2D eigenvalue weighted by Gasteiger charge is 2.23. The lowest BCUT2D eigenvalue weighted by molar-refractivity contribution is -0.384. The molecule has 0 N–H and O–H groups in total. The monoisotopic (exact) mass is 352 g/mol. The maximum atomic E-state index is 12.8. The molecule has 0 amide bonds. The molecular weight excluding hydrogens is 335 g/mol. The summed E-state index contributed by atoms with van der Waals surface area (Å²) >= 11 is 0. The summed E-state index contributed by atoms with van der Waals surface area (Å²) in [6.07, 6.45) is 4.79. The van der Waals surface area contributed by atoms with Crippen LogP contribution in [0.4, 0.5) is 15.9 Å². The van der Waals surface area contributed by atoms with Crippen LogP contribution >= 0.6 is 0 Å². The Labute approximate surface area is 150 Å². The molecule has 0 aliphatic carbocycles. The number of allylic oxidation sites excluding steroid dienone is 1. The molecule has 7 heteroatoms. The van der Waals surface area contributed by atoms with E-state index < -0.39 is 10.9 Å². The second kappa shape index (κ2) is 7.74. The van der Waals surface area contributed by atoms with Gasteiger partial charge in [-0.25, -0.2) is 9.97 Å². The average Bonchev–Trinajstić information content (AvgIpc) is 2.63. The van der Waals surface area contributed by atoms with E-state index in [0.29, 0.717) is 24.5 Å². The smallest absolute Gasteiger partial charge is 0.311 e. The van der Waals surface area contributed by atoms with Gasteiger partial charge >= 0.3 is 5.69 Å². The molecule has 1 saturated heterocycles. The third-order valence-electron chi connectivity index (χ3n) is 4.12. The van der Waals surface area contributed by atoms with Crippen LogP contribution in [0.3, 0.4) is 0 Å². The van der Waals surface area contributed by atoms with Crippen LogP contribution in [0.2, 0.25) is 0 Å². The summed E-state index contributed by atoms with van der Waals surface area (Å²) in [7, 11) is 0. The number of aromatic nitrogens is 2. The van der Waals surface area contributed by atoms with Crippen LogP contribution in [0.5, 0.6) is 0 Å². The topological polar surface area (TPSA) is 72.2 Å². The zero-order valence-corrected chi connectivity index (χ0v) is 14.3. The molecule has 1 aliphatic rings. The molecule has 2 aromatic rings. The molecule has 0 radical (unpaired) electrons. The lowest BCUT2D eigenvalue weighted by Crippen LogP contribution is -2.32. The number of hydrogen-bond donors (Lipinski definition) is 0. The number of anilines is 1. The minimum atomic E-state index is -0.528. The Kier molecular flexibility index (Phi) is 5.23. The molecule has 1 aliphatic heterocycles. The predicted octanol–water partition coefficient (Wildman–Crippen LogP) is 3.41. The number of piperidine rings is 1. The van der Waals surface area contributed by atoms with Crippen molar-refractivity contribution in [3.63, 3.8) is 0 Å². The van der Waals surface area contributed by atoms with E-state index in [1.165, 1.54) is 23.9 Å². The highest BCUT2D eigenvalue weighted by Crippen LogP contribution is 2.29. The Hall–Kier alpha value is -3.27. The van der Waals surface area contributed by atoms with Crippen LogP contribution in [-0.4, -0.2) is 28.0 Å². The third kappa shape index (κ3) is 4.22. The molecule has 0 aromatic carbocycles. The van der Waals surface area contributed by atoms with E-state index in [9.17, 15) is 14.5 Å². The lowest BCUT2D eigenvalue weighted by atomic mass is 10.0. The minimum absolute atomic E-state index is 0.0339. The zero-order valence-electron chi connectivity index (χ0n) is 14.3. The van der Waals surface area contributed by atoms with Crippen molar-refractivity contribution in [1.82, 2.24) is 9.97 Å². The number of aryl methyl sites for hydroxylation is 1. The van der Waals surface area contributed by atoms with E-state index >= 15 is 0 Å². The first-order chi connectivity index (χ1) is 12.5. The van der Waals surface area contributed by atoms with Gasteiger partial charge < -0.3 is 4.90 Å². The van der Waals surface area contributed by atoms with Crippen molar-refractivity contribution < 1.29 is 9.31 Å². The second-order valence-electron chi connectivity index (χ2n) is 5.98. The number of rotatable bonds is 2. The van der Waals surface area contributed by atoms with Crippen LogP contribution in [0.1, 0.15) is 24.1 Å². The standard InChI is InChI=1S/C19H17FN4O2/c1-14-5-7-17(24(25)26)19(22-14)23-11-9-15(10-12-23)3-2-4-16-6-8-18(20)21-13-16/h3,5-8,13H,9-12H2,1H3. The summed E-state index contributed by atoms with van der Waals surface area (Å²) in [6.45, 7) is 3.13. The van der Waals surface area contributed by atoms with Crippen molar-refractivity contribution in [3.05, 3.63) is 69.4 Å². The SMILES string of the molecule is Cc1ccc([N+](=O)[O-])c(N2CCC(=CC#Cc3ccc(F)nc3)CC2)n1. The molecule has 26 heavy (non-hydrogen) atoms. The molecule has 132 valence electrons. The first-order valence-electron chi connectivity index (χ1n) is 8.21. The minimum Gasteiger partial charge on any atom is -0.350 e. The van der Waals surface area contributed by atoms with Gasteiger partial charge in [0, 0.05) is 36.6 Å². The highest BCUT2D eigenvalue weighted by molar-refractivity contribution is 5.58. The van der Waals surface area contributed by atoms with Crippen molar-refractivity contribution in [2.75, 3.05) is 18.0 Å². The van der Waals surface area contributed by atoms with E-state index in [4.69, 9.17) is 0 Å². The Bertz CT molecular complexity index is 903. The molecule has 6 nitrogen and oxygen atoms in total. The summed E-state index contributed by atoms with van der Waals surface area (Å²) in [6, 6.07) is 6.01. The predicted molar refractivity (Wildman–Crippen MR) is 96.2 cm³/mol. The van der Waals surface area contributed by atoms with Gasteiger partial charge in [-0.2, -0.15) is 4.39 Å². The largest absolute Gasteiger partial charge is 0.350 e. The fourth-order valence-electron chi connectivity index (χ4n) is 2.73. The highest BCUT2D eigenvalue weighted by atomic mass is 19.1. The maximum Gasteiger partial charge on any atom is 0.311 e. The fourth-order valence-corrected chi connectivity index (χ4v) is 2.73. The third-order valence-corrected chi connectivity index (χ3v) is 4.12. The van der Waals surface area contributed by atoms with Gasteiger partial charge in [-0.1, -0.05) is 17.4 Å². The number of nitro groups is 1. The summed E-state index contributed by atoms with van der Waals surface area (Å²) in [5.74, 6) is 5.79. The van der Waals surface area contributed by atoms with Crippen molar-refractivity contribution in [2.45, 2.75) is 19.8 Å². The summed E-state index contributed by atoms with van der Waals surface area (Å²) in [4.78, 5) is 20.7. The first kappa shape index (κ1) is 17.5. The zero-order chi connectivity index (χ0) is 18.5. The quantitative estimate of drug-likeness (QED) is 0.358. The Balaban J connectivity index is 1.67. The second-order valence-corrected chi connectivity index (χ2v) is 5.98. The molecule has 0 unspecified atom stereocenters. The van der Waals surface area contributed by atoms with E-state index in [1.807, 2.05) is 17.9 Å². The molecule has 0 spiro atoms. The molecule has 3 heterocycles. The first-order valence-corrected chi connectivity index (χ1v) is 8.21. The van der Waals surface area contributed by atoms with Gasteiger partial charge in [-0.15, -0.1) is 0 Å². The van der Waals surface area contributed by atoms with Gasteiger partial charge in [-0.05, 0) is 44.0 Å². The summed E-state index contributed by atoms with van der Waals surface area (Å²) < 4.78 is 12.8. The number of pyridine rings is 2. The maximum absolute atomic E-state index is 12.8. The van der Waals surface area contributed by atoms with Crippen LogP contribution in [0.15, 0.2) is 42.1 Å². The van der Waals surface area contributed by atoms with Crippen molar-refractivity contribution in [1.29, 1.82) is 0 Å². The van der Waals surface area contributed by atoms with E-state index in [0.717, 1.165) is 18.5 Å². The number of halogens is 1. The van der Waals surface area contributed by atoms with Gasteiger partial charge in [0.2, 0.25) is 11.8 Å². The summed E-state index contributed by atoms with van der Waals surface area (Å²) in [5.41, 5.74) is 2.62. The molecule has 2 aromatic heterocycles. The van der Waals surface area contributed by atoms with Crippen LogP contribution in [0, 0.1) is 34.8 Å².